The fourth-order valence-electron chi connectivity index (χ4n) is 0.700. The van der Waals surface area contributed by atoms with Crippen molar-refractivity contribution in [3.63, 3.8) is 0 Å². The van der Waals surface area contributed by atoms with Gasteiger partial charge in [-0.05, 0) is 26.8 Å². The molecule has 6 heteroatoms. The predicted octanol–water partition coefficient (Wildman–Crippen LogP) is 2.23. The fraction of sp³-hybridized carbons (Fsp3) is 0.600. The first-order valence-corrected chi connectivity index (χ1v) is 7.14. The second-order valence-corrected chi connectivity index (χ2v) is 3.98. The summed E-state index contributed by atoms with van der Waals surface area (Å²) in [7, 11) is 0. The normalized spacial score (nSPS) is 10.6. The monoisotopic (exact) mass is 300 g/mol. The summed E-state index contributed by atoms with van der Waals surface area (Å²) in [4.78, 5) is 13.3. The van der Waals surface area contributed by atoms with Gasteiger partial charge in [0.1, 0.15) is 0 Å². The number of carboxylic acid groups (broad SMARTS) is 1. The summed E-state index contributed by atoms with van der Waals surface area (Å²) in [6.07, 6.45) is 6.36. The Morgan fingerprint density at radius 3 is 2.00 bits per heavy atom. The Bertz CT molecular complexity index is 308. The van der Waals surface area contributed by atoms with E-state index >= 15 is 0 Å². The van der Waals surface area contributed by atoms with Crippen LogP contribution in [0.15, 0.2) is 29.2 Å². The van der Waals surface area contributed by atoms with E-state index in [2.05, 4.69) is 29.9 Å². The van der Waals surface area contributed by atoms with E-state index in [1.165, 1.54) is 0 Å². The lowest BCUT2D eigenvalue weighted by Gasteiger charge is -1.95. The van der Waals surface area contributed by atoms with Crippen molar-refractivity contribution in [3.05, 3.63) is 24.2 Å². The maximum atomic E-state index is 9.37. The van der Waals surface area contributed by atoms with Gasteiger partial charge in [-0.1, -0.05) is 26.5 Å². The lowest BCUT2D eigenvalue weighted by molar-refractivity contribution is -0.136. The average molecular weight is 300 g/mol. The van der Waals surface area contributed by atoms with E-state index in [0.29, 0.717) is 5.82 Å². The summed E-state index contributed by atoms with van der Waals surface area (Å²) in [6, 6.07) is 0. The number of carbonyl (C=O) groups is 1. The number of carboxylic acids is 1. The van der Waals surface area contributed by atoms with Crippen LogP contribution in [0.3, 0.4) is 0 Å². The van der Waals surface area contributed by atoms with Gasteiger partial charge in [-0.3, -0.25) is 9.79 Å². The maximum Gasteiger partial charge on any atom is 0.303 e. The average Bonchev–Trinajstić information content (AvgIpc) is 2.91. The summed E-state index contributed by atoms with van der Waals surface area (Å²) in [5.74, 6) is -0.206. The summed E-state index contributed by atoms with van der Waals surface area (Å²) in [6.45, 7) is 12.7. The zero-order valence-electron chi connectivity index (χ0n) is 13.9. The Hall–Kier alpha value is -1.82. The first kappa shape index (κ1) is 24.2. The topological polar surface area (TPSA) is 114 Å². The highest BCUT2D eigenvalue weighted by Crippen LogP contribution is 2.00. The van der Waals surface area contributed by atoms with Crippen LogP contribution in [-0.2, 0) is 4.79 Å². The predicted molar refractivity (Wildman–Crippen MR) is 91.1 cm³/mol. The van der Waals surface area contributed by atoms with Crippen molar-refractivity contribution in [3.8, 4) is 0 Å². The summed E-state index contributed by atoms with van der Waals surface area (Å²) in [5, 5.41) is 10.5. The molecule has 0 amide bonds. The molecular formula is C15H32N4O2. The van der Waals surface area contributed by atoms with E-state index in [-0.39, 0.29) is 6.42 Å². The van der Waals surface area contributed by atoms with Gasteiger partial charge >= 0.3 is 5.97 Å². The molecule has 0 radical (unpaired) electrons. The van der Waals surface area contributed by atoms with Crippen LogP contribution in [0.4, 0.5) is 0 Å². The maximum absolute atomic E-state index is 9.37. The molecule has 0 aromatic carbocycles. The molecule has 0 saturated heterocycles. The number of hydrogen-bond acceptors (Lipinski definition) is 5. The zero-order chi connectivity index (χ0) is 17.1. The van der Waals surface area contributed by atoms with Crippen LogP contribution in [0, 0.1) is 0 Å². The molecule has 6 N–H and O–H groups in total. The lowest BCUT2D eigenvalue weighted by atomic mass is 10.4. The Kier molecular flexibility index (Phi) is 23.6. The van der Waals surface area contributed by atoms with Crippen LogP contribution in [0.2, 0.25) is 0 Å². The van der Waals surface area contributed by atoms with Crippen molar-refractivity contribution < 1.29 is 9.90 Å². The lowest BCUT2D eigenvalue weighted by Crippen LogP contribution is -2.17. The van der Waals surface area contributed by atoms with Gasteiger partial charge in [-0.25, -0.2) is 0 Å². The third-order valence-corrected chi connectivity index (χ3v) is 1.81. The summed E-state index contributed by atoms with van der Waals surface area (Å²) in [5.41, 5.74) is 11.3. The molecule has 0 saturated carbocycles. The molecule has 0 fully saturated rings. The fourth-order valence-corrected chi connectivity index (χ4v) is 0.700. The number of allylic oxidation sites excluding steroid dienone is 2. The second-order valence-electron chi connectivity index (χ2n) is 3.98. The van der Waals surface area contributed by atoms with Crippen molar-refractivity contribution in [2.45, 2.75) is 47.0 Å². The van der Waals surface area contributed by atoms with E-state index in [0.717, 1.165) is 31.6 Å². The molecule has 0 aliphatic carbocycles. The van der Waals surface area contributed by atoms with Crippen molar-refractivity contribution in [2.75, 3.05) is 13.1 Å². The summed E-state index contributed by atoms with van der Waals surface area (Å²) >= 11 is 0. The quantitative estimate of drug-likeness (QED) is 0.635. The second kappa shape index (κ2) is 20.5. The number of aliphatic carboxylic acids is 1. The van der Waals surface area contributed by atoms with Gasteiger partial charge in [0.25, 0.3) is 0 Å². The Morgan fingerprint density at radius 1 is 1.48 bits per heavy atom. The first-order chi connectivity index (χ1) is 9.85. The van der Waals surface area contributed by atoms with Crippen LogP contribution in [0.5, 0.6) is 0 Å². The first-order valence-electron chi connectivity index (χ1n) is 7.14. The van der Waals surface area contributed by atoms with Crippen molar-refractivity contribution in [1.82, 2.24) is 5.32 Å². The minimum Gasteiger partial charge on any atom is -0.481 e. The molecule has 1 aliphatic rings. The minimum atomic E-state index is -0.745. The number of nitrogens with one attached hydrogen (secondary N) is 1. The van der Waals surface area contributed by atoms with Crippen LogP contribution in [-0.4, -0.2) is 30.4 Å². The van der Waals surface area contributed by atoms with Crippen LogP contribution in [0.25, 0.3) is 0 Å². The van der Waals surface area contributed by atoms with Gasteiger partial charge < -0.3 is 21.9 Å². The Morgan fingerprint density at radius 2 is 1.95 bits per heavy atom. The van der Waals surface area contributed by atoms with Gasteiger partial charge in [-0.2, -0.15) is 0 Å². The third-order valence-electron chi connectivity index (χ3n) is 1.81. The highest BCUT2D eigenvalue weighted by atomic mass is 16.4. The van der Waals surface area contributed by atoms with Gasteiger partial charge in [0.15, 0.2) is 0 Å². The molecular weight excluding hydrogens is 268 g/mol. The molecule has 6 nitrogen and oxygen atoms in total. The number of rotatable bonds is 4. The molecule has 0 atom stereocenters. The number of nitrogens with zero attached hydrogens (tertiary/aromatic N) is 1. The van der Waals surface area contributed by atoms with Gasteiger partial charge in [-0.15, -0.1) is 0 Å². The number of hydrogen-bond donors (Lipinski definition) is 4. The number of aliphatic imine (C=N–C) groups is 1. The summed E-state index contributed by atoms with van der Waals surface area (Å²) < 4.78 is 0. The molecule has 1 aliphatic heterocycles. The molecule has 0 bridgehead atoms. The van der Waals surface area contributed by atoms with E-state index in [1.807, 2.05) is 20.1 Å². The Labute approximate surface area is 129 Å². The molecule has 0 unspecified atom stereocenters. The highest BCUT2D eigenvalue weighted by molar-refractivity contribution is 5.66. The van der Waals surface area contributed by atoms with Crippen molar-refractivity contribution in [1.29, 1.82) is 0 Å². The molecule has 0 aromatic rings. The smallest absolute Gasteiger partial charge is 0.303 e. The third kappa shape index (κ3) is 38.1. The molecule has 0 aromatic heterocycles. The van der Waals surface area contributed by atoms with Crippen molar-refractivity contribution in [2.24, 2.45) is 16.5 Å². The molecule has 1 heterocycles. The largest absolute Gasteiger partial charge is 0.481 e. The van der Waals surface area contributed by atoms with E-state index < -0.39 is 5.97 Å². The van der Waals surface area contributed by atoms with Crippen LogP contribution < -0.4 is 16.8 Å². The molecule has 0 spiro atoms. The van der Waals surface area contributed by atoms with Crippen LogP contribution in [0.1, 0.15) is 47.0 Å². The van der Waals surface area contributed by atoms with Gasteiger partial charge in [0.05, 0.1) is 5.82 Å². The van der Waals surface area contributed by atoms with Crippen molar-refractivity contribution >= 4 is 12.2 Å². The van der Waals surface area contributed by atoms with Crippen LogP contribution >= 0.6 is 0 Å². The van der Waals surface area contributed by atoms with Gasteiger partial charge in [0.2, 0.25) is 0 Å². The minimum absolute atomic E-state index is 0.222. The highest BCUT2D eigenvalue weighted by Gasteiger charge is 1.85. The van der Waals surface area contributed by atoms with E-state index in [1.54, 1.807) is 6.92 Å². The molecule has 21 heavy (non-hydrogen) atoms. The van der Waals surface area contributed by atoms with E-state index in [9.17, 15) is 4.79 Å². The standard InChI is InChI=1S/C5H7N.C4H10N2.C3H9N.C3H6O2/c1-5-3-2-4-6-5;1-3-6-4(2)5;1-2-3-4;1-2-3(4)5/h3-4H,2H2,1H3;6H,2-3,5H2,1H3;2-4H2,1H3;2H2,1H3,(H,4,5). The van der Waals surface area contributed by atoms with E-state index in [4.69, 9.17) is 16.6 Å². The SMILES string of the molecule is C=C(N)NCC.CC1=CCC=N1.CCC(=O)O.CCCN. The Balaban J connectivity index is -0.000000209. The zero-order valence-corrected chi connectivity index (χ0v) is 13.9. The molecule has 124 valence electrons. The van der Waals surface area contributed by atoms with Gasteiger partial charge in [0, 0.05) is 31.3 Å². The molecule has 1 rings (SSSR count). The number of nitrogens with two attached hydrogens (primary N) is 2.